The van der Waals surface area contributed by atoms with Gasteiger partial charge in [0, 0.05) is 25.9 Å². The molecule has 0 aromatic heterocycles. The van der Waals surface area contributed by atoms with Crippen LogP contribution in [0.3, 0.4) is 0 Å². The van der Waals surface area contributed by atoms with Gasteiger partial charge in [-0.15, -0.1) is 0 Å². The van der Waals surface area contributed by atoms with Gasteiger partial charge in [0.2, 0.25) is 0 Å². The molecule has 0 radical (unpaired) electrons. The Kier molecular flexibility index (Phi) is 9.93. The molecule has 0 saturated heterocycles. The summed E-state index contributed by atoms with van der Waals surface area (Å²) in [4.78, 5) is 0. The fourth-order valence-corrected chi connectivity index (χ4v) is 6.01. The summed E-state index contributed by atoms with van der Waals surface area (Å²) in [6.45, 7) is 15.5. The van der Waals surface area contributed by atoms with E-state index >= 15 is 0 Å². The standard InChI is InChI=1S/C18H38O4Si/c1-7-20-23(21-8-2,22-9-3)13-12-19-18-14-16(6)10-11-17(18)15(4)5/h15-18H,7-14H2,1-6H3. The first-order valence-corrected chi connectivity index (χ1v) is 11.4. The van der Waals surface area contributed by atoms with E-state index in [1.54, 1.807) is 0 Å². The predicted molar refractivity (Wildman–Crippen MR) is 96.5 cm³/mol. The zero-order valence-electron chi connectivity index (χ0n) is 16.1. The van der Waals surface area contributed by atoms with Crippen molar-refractivity contribution in [1.29, 1.82) is 0 Å². The van der Waals surface area contributed by atoms with E-state index in [1.165, 1.54) is 19.3 Å². The van der Waals surface area contributed by atoms with E-state index in [1.807, 2.05) is 20.8 Å². The number of rotatable bonds is 11. The molecule has 0 spiro atoms. The van der Waals surface area contributed by atoms with Gasteiger partial charge in [-0.25, -0.2) is 0 Å². The lowest BCUT2D eigenvalue weighted by Crippen LogP contribution is -2.47. The fourth-order valence-electron chi connectivity index (χ4n) is 3.64. The molecule has 23 heavy (non-hydrogen) atoms. The first-order chi connectivity index (χ1) is 11.0. The lowest BCUT2D eigenvalue weighted by molar-refractivity contribution is -0.0386. The molecule has 0 N–H and O–H groups in total. The molecule has 0 aromatic rings. The summed E-state index contributed by atoms with van der Waals surface area (Å²) in [5, 5.41) is 0. The van der Waals surface area contributed by atoms with Crippen LogP contribution >= 0.6 is 0 Å². The van der Waals surface area contributed by atoms with Crippen molar-refractivity contribution in [2.24, 2.45) is 17.8 Å². The zero-order valence-corrected chi connectivity index (χ0v) is 17.1. The van der Waals surface area contributed by atoms with Crippen LogP contribution in [-0.4, -0.2) is 41.3 Å². The monoisotopic (exact) mass is 346 g/mol. The SMILES string of the molecule is CCO[Si](CCOC1CC(C)CCC1C(C)C)(OCC)OCC. The molecule has 1 aliphatic rings. The van der Waals surface area contributed by atoms with Crippen LogP contribution in [0.25, 0.3) is 0 Å². The Balaban J connectivity index is 2.58. The van der Waals surface area contributed by atoms with Gasteiger partial charge in [-0.1, -0.05) is 27.2 Å². The van der Waals surface area contributed by atoms with Crippen molar-refractivity contribution in [2.45, 2.75) is 73.0 Å². The smallest absolute Gasteiger partial charge is 0.378 e. The summed E-state index contributed by atoms with van der Waals surface area (Å²) in [6.07, 6.45) is 4.16. The second-order valence-electron chi connectivity index (χ2n) is 6.97. The molecule has 3 atom stereocenters. The van der Waals surface area contributed by atoms with Crippen LogP contribution in [0.15, 0.2) is 0 Å². The Morgan fingerprint density at radius 1 is 0.957 bits per heavy atom. The normalized spacial score (nSPS) is 26.0. The number of hydrogen-bond donors (Lipinski definition) is 0. The highest BCUT2D eigenvalue weighted by molar-refractivity contribution is 6.60. The van der Waals surface area contributed by atoms with E-state index in [0.29, 0.717) is 44.4 Å². The van der Waals surface area contributed by atoms with Crippen LogP contribution in [0.5, 0.6) is 0 Å². The minimum atomic E-state index is -2.57. The number of ether oxygens (including phenoxy) is 1. The van der Waals surface area contributed by atoms with Crippen molar-refractivity contribution in [3.63, 3.8) is 0 Å². The quantitative estimate of drug-likeness (QED) is 0.516. The first-order valence-electron chi connectivity index (χ1n) is 9.51. The highest BCUT2D eigenvalue weighted by atomic mass is 28.4. The average molecular weight is 347 g/mol. The highest BCUT2D eigenvalue weighted by Gasteiger charge is 2.41. The van der Waals surface area contributed by atoms with Gasteiger partial charge in [0.1, 0.15) is 0 Å². The Hall–Kier alpha value is 0.0569. The second-order valence-corrected chi connectivity index (χ2v) is 9.70. The molecule has 1 fully saturated rings. The third-order valence-electron chi connectivity index (χ3n) is 4.79. The van der Waals surface area contributed by atoms with E-state index < -0.39 is 8.80 Å². The molecule has 0 aromatic carbocycles. The van der Waals surface area contributed by atoms with E-state index in [4.69, 9.17) is 18.0 Å². The summed E-state index contributed by atoms with van der Waals surface area (Å²) in [5.41, 5.74) is 0. The van der Waals surface area contributed by atoms with Crippen molar-refractivity contribution in [3.05, 3.63) is 0 Å². The fraction of sp³-hybridized carbons (Fsp3) is 1.00. The lowest BCUT2D eigenvalue weighted by Gasteiger charge is -2.37. The van der Waals surface area contributed by atoms with Crippen LogP contribution in [-0.2, 0) is 18.0 Å². The Morgan fingerprint density at radius 2 is 1.52 bits per heavy atom. The van der Waals surface area contributed by atoms with Gasteiger partial charge in [0.05, 0.1) is 12.7 Å². The van der Waals surface area contributed by atoms with Gasteiger partial charge < -0.3 is 18.0 Å². The topological polar surface area (TPSA) is 36.9 Å². The third kappa shape index (κ3) is 6.82. The average Bonchev–Trinajstić information content (AvgIpc) is 2.48. The van der Waals surface area contributed by atoms with Gasteiger partial charge in [0.15, 0.2) is 0 Å². The van der Waals surface area contributed by atoms with Crippen LogP contribution in [0, 0.1) is 17.8 Å². The molecule has 1 rings (SSSR count). The maximum atomic E-state index is 6.32. The minimum Gasteiger partial charge on any atom is -0.378 e. The summed E-state index contributed by atoms with van der Waals surface area (Å²) in [6, 6.07) is 0.748. The Morgan fingerprint density at radius 3 is 2.00 bits per heavy atom. The van der Waals surface area contributed by atoms with Crippen molar-refractivity contribution in [1.82, 2.24) is 0 Å². The number of hydrogen-bond acceptors (Lipinski definition) is 4. The minimum absolute atomic E-state index is 0.371. The van der Waals surface area contributed by atoms with Gasteiger partial charge in [-0.05, 0) is 51.4 Å². The molecule has 138 valence electrons. The third-order valence-corrected chi connectivity index (χ3v) is 7.80. The second kappa shape index (κ2) is 10.8. The first kappa shape index (κ1) is 21.1. The van der Waals surface area contributed by atoms with Crippen LogP contribution in [0.1, 0.15) is 60.8 Å². The van der Waals surface area contributed by atoms with Crippen LogP contribution < -0.4 is 0 Å². The molecular weight excluding hydrogens is 308 g/mol. The molecule has 5 heteroatoms. The van der Waals surface area contributed by atoms with Gasteiger partial charge in [-0.3, -0.25) is 0 Å². The van der Waals surface area contributed by atoms with Gasteiger partial charge >= 0.3 is 8.80 Å². The molecule has 0 heterocycles. The van der Waals surface area contributed by atoms with E-state index in [9.17, 15) is 0 Å². The lowest BCUT2D eigenvalue weighted by atomic mass is 9.75. The van der Waals surface area contributed by atoms with Gasteiger partial charge in [-0.2, -0.15) is 0 Å². The molecule has 0 amide bonds. The Labute approximate surface area is 144 Å². The highest BCUT2D eigenvalue weighted by Crippen LogP contribution is 2.35. The van der Waals surface area contributed by atoms with Gasteiger partial charge in [0.25, 0.3) is 0 Å². The maximum absolute atomic E-state index is 6.32. The summed E-state index contributed by atoms with van der Waals surface area (Å²) >= 11 is 0. The van der Waals surface area contributed by atoms with Crippen LogP contribution in [0.2, 0.25) is 6.04 Å². The van der Waals surface area contributed by atoms with Crippen molar-refractivity contribution in [2.75, 3.05) is 26.4 Å². The maximum Gasteiger partial charge on any atom is 0.503 e. The summed E-state index contributed by atoms with van der Waals surface area (Å²) in [7, 11) is -2.57. The molecule has 0 aliphatic heterocycles. The molecule has 1 saturated carbocycles. The van der Waals surface area contributed by atoms with Crippen molar-refractivity contribution in [3.8, 4) is 0 Å². The predicted octanol–water partition coefficient (Wildman–Crippen LogP) is 4.51. The van der Waals surface area contributed by atoms with Crippen molar-refractivity contribution >= 4 is 8.80 Å². The molecule has 3 unspecified atom stereocenters. The van der Waals surface area contributed by atoms with Crippen molar-refractivity contribution < 1.29 is 18.0 Å². The van der Waals surface area contributed by atoms with Crippen LogP contribution in [0.4, 0.5) is 0 Å². The molecule has 1 aliphatic carbocycles. The Bertz CT molecular complexity index is 294. The summed E-state index contributed by atoms with van der Waals surface area (Å²) < 4.78 is 24.0. The van der Waals surface area contributed by atoms with E-state index in [0.717, 1.165) is 12.0 Å². The molecule has 4 nitrogen and oxygen atoms in total. The molecule has 0 bridgehead atoms. The largest absolute Gasteiger partial charge is 0.503 e. The van der Waals surface area contributed by atoms with E-state index in [-0.39, 0.29) is 0 Å². The summed E-state index contributed by atoms with van der Waals surface area (Å²) in [5.74, 6) is 2.12. The van der Waals surface area contributed by atoms with E-state index in [2.05, 4.69) is 20.8 Å². The molecular formula is C18H38O4Si. The zero-order chi connectivity index (χ0) is 17.3.